The van der Waals surface area contributed by atoms with Crippen molar-refractivity contribution in [1.29, 1.82) is 0 Å². The van der Waals surface area contributed by atoms with Crippen molar-refractivity contribution in [2.75, 3.05) is 0 Å². The Labute approximate surface area is 98.0 Å². The zero-order valence-corrected chi connectivity index (χ0v) is 9.18. The smallest absolute Gasteiger partial charge is 0.254 e. The Bertz CT molecular complexity index is 615. The number of nitrogens with zero attached hydrogens (tertiary/aromatic N) is 1. The van der Waals surface area contributed by atoms with Crippen LogP contribution in [0.15, 0.2) is 35.1 Å². The van der Waals surface area contributed by atoms with Gasteiger partial charge in [-0.25, -0.2) is 0 Å². The van der Waals surface area contributed by atoms with Crippen molar-refractivity contribution >= 4 is 0 Å². The highest BCUT2D eigenvalue weighted by Gasteiger charge is 2.23. The summed E-state index contributed by atoms with van der Waals surface area (Å²) in [5.41, 5.74) is 1.76. The van der Waals surface area contributed by atoms with Gasteiger partial charge in [-0.15, -0.1) is 0 Å². The molecule has 0 bridgehead atoms. The van der Waals surface area contributed by atoms with E-state index in [4.69, 9.17) is 0 Å². The first-order chi connectivity index (χ1) is 8.22. The fourth-order valence-corrected chi connectivity index (χ4v) is 1.94. The molecule has 0 saturated heterocycles. The predicted octanol–water partition coefficient (Wildman–Crippen LogP) is 2.02. The number of aromatic amines is 1. The molecule has 2 N–H and O–H groups in total. The molecule has 1 aliphatic carbocycles. The third-order valence-corrected chi connectivity index (χ3v) is 2.94. The largest absolute Gasteiger partial charge is 0.493 e. The van der Waals surface area contributed by atoms with Crippen LogP contribution in [0.3, 0.4) is 0 Å². The molecule has 1 heterocycles. The maximum Gasteiger partial charge on any atom is 0.254 e. The summed E-state index contributed by atoms with van der Waals surface area (Å²) in [4.78, 5) is 17.8. The summed E-state index contributed by atoms with van der Waals surface area (Å²) in [6.45, 7) is 0. The summed E-state index contributed by atoms with van der Waals surface area (Å²) in [7, 11) is 0. The fraction of sp³-hybridized carbons (Fsp3) is 0.231. The van der Waals surface area contributed by atoms with E-state index in [0.29, 0.717) is 11.7 Å². The van der Waals surface area contributed by atoms with Crippen LogP contribution in [-0.2, 0) is 0 Å². The van der Waals surface area contributed by atoms with Crippen LogP contribution in [0.25, 0.3) is 11.4 Å². The van der Waals surface area contributed by atoms with Crippen molar-refractivity contribution in [2.24, 2.45) is 0 Å². The monoisotopic (exact) mass is 228 g/mol. The lowest BCUT2D eigenvalue weighted by Crippen LogP contribution is -2.06. The number of aromatic hydroxyl groups is 1. The maximum absolute atomic E-state index is 11.3. The normalized spacial score (nSPS) is 14.8. The van der Waals surface area contributed by atoms with Crippen LogP contribution in [-0.4, -0.2) is 15.1 Å². The Morgan fingerprint density at radius 2 is 2.12 bits per heavy atom. The molecule has 1 aromatic carbocycles. The second kappa shape index (κ2) is 3.73. The van der Waals surface area contributed by atoms with Gasteiger partial charge in [0.2, 0.25) is 5.88 Å². The minimum Gasteiger partial charge on any atom is -0.493 e. The standard InChI is InChI=1S/C13H12N2O2/c16-11-7-12(17)15-13(14-11)10-3-1-2-9(6-10)8-4-5-8/h1-3,6-8H,4-5H2,(H2,14,15,16,17). The molecule has 1 saturated carbocycles. The van der Waals surface area contributed by atoms with Crippen molar-refractivity contribution in [1.82, 2.24) is 9.97 Å². The summed E-state index contributed by atoms with van der Waals surface area (Å²) < 4.78 is 0. The van der Waals surface area contributed by atoms with Gasteiger partial charge in [-0.05, 0) is 30.4 Å². The minimum atomic E-state index is -0.343. The van der Waals surface area contributed by atoms with E-state index in [1.165, 1.54) is 18.4 Å². The second-order valence-corrected chi connectivity index (χ2v) is 4.35. The lowest BCUT2D eigenvalue weighted by atomic mass is 10.1. The van der Waals surface area contributed by atoms with Crippen molar-refractivity contribution in [3.05, 3.63) is 46.2 Å². The number of H-pyrrole nitrogens is 1. The van der Waals surface area contributed by atoms with E-state index in [1.54, 1.807) is 0 Å². The van der Waals surface area contributed by atoms with Crippen LogP contribution in [0, 0.1) is 0 Å². The van der Waals surface area contributed by atoms with Crippen molar-refractivity contribution in [3.8, 4) is 17.3 Å². The maximum atomic E-state index is 11.3. The highest BCUT2D eigenvalue weighted by molar-refractivity contribution is 5.57. The van der Waals surface area contributed by atoms with Gasteiger partial charge in [0, 0.05) is 5.56 Å². The third kappa shape index (κ3) is 2.06. The fourth-order valence-electron chi connectivity index (χ4n) is 1.94. The summed E-state index contributed by atoms with van der Waals surface area (Å²) in [6.07, 6.45) is 2.46. The van der Waals surface area contributed by atoms with E-state index in [2.05, 4.69) is 16.0 Å². The second-order valence-electron chi connectivity index (χ2n) is 4.35. The molecule has 1 fully saturated rings. The molecule has 0 spiro atoms. The molecule has 1 aromatic heterocycles. The number of nitrogens with one attached hydrogen (secondary N) is 1. The van der Waals surface area contributed by atoms with Crippen LogP contribution < -0.4 is 5.56 Å². The lowest BCUT2D eigenvalue weighted by Gasteiger charge is -2.03. The third-order valence-electron chi connectivity index (χ3n) is 2.94. The van der Waals surface area contributed by atoms with E-state index in [-0.39, 0.29) is 11.4 Å². The Morgan fingerprint density at radius 3 is 2.82 bits per heavy atom. The quantitative estimate of drug-likeness (QED) is 0.826. The average molecular weight is 228 g/mol. The molecular formula is C13H12N2O2. The topological polar surface area (TPSA) is 66.0 Å². The Morgan fingerprint density at radius 1 is 1.29 bits per heavy atom. The van der Waals surface area contributed by atoms with Gasteiger partial charge in [-0.1, -0.05) is 18.2 Å². The van der Waals surface area contributed by atoms with Crippen molar-refractivity contribution in [3.63, 3.8) is 0 Å². The predicted molar refractivity (Wildman–Crippen MR) is 63.9 cm³/mol. The van der Waals surface area contributed by atoms with E-state index in [1.807, 2.05) is 18.2 Å². The molecule has 86 valence electrons. The van der Waals surface area contributed by atoms with E-state index >= 15 is 0 Å². The zero-order chi connectivity index (χ0) is 11.8. The molecule has 3 rings (SSSR count). The molecular weight excluding hydrogens is 216 g/mol. The Kier molecular flexibility index (Phi) is 2.21. The molecule has 1 aliphatic rings. The van der Waals surface area contributed by atoms with Crippen molar-refractivity contribution < 1.29 is 5.11 Å². The van der Waals surface area contributed by atoms with Crippen molar-refractivity contribution in [2.45, 2.75) is 18.8 Å². The number of aromatic nitrogens is 2. The highest BCUT2D eigenvalue weighted by atomic mass is 16.3. The molecule has 0 aliphatic heterocycles. The number of rotatable bonds is 2. The number of benzene rings is 1. The lowest BCUT2D eigenvalue weighted by molar-refractivity contribution is 0.452. The Hall–Kier alpha value is -2.10. The first-order valence-corrected chi connectivity index (χ1v) is 5.63. The molecule has 2 aromatic rings. The summed E-state index contributed by atoms with van der Waals surface area (Å²) >= 11 is 0. The van der Waals surface area contributed by atoms with Gasteiger partial charge in [-0.2, -0.15) is 4.98 Å². The summed E-state index contributed by atoms with van der Waals surface area (Å²) in [5.74, 6) is 0.817. The van der Waals surface area contributed by atoms with Gasteiger partial charge in [0.05, 0.1) is 6.07 Å². The molecule has 0 atom stereocenters. The zero-order valence-electron chi connectivity index (χ0n) is 9.18. The van der Waals surface area contributed by atoms with Crippen LogP contribution in [0.4, 0.5) is 0 Å². The highest BCUT2D eigenvalue weighted by Crippen LogP contribution is 2.40. The molecule has 0 unspecified atom stereocenters. The van der Waals surface area contributed by atoms with E-state index in [9.17, 15) is 9.90 Å². The summed E-state index contributed by atoms with van der Waals surface area (Å²) in [6, 6.07) is 9.00. The minimum absolute atomic E-state index is 0.249. The van der Waals surface area contributed by atoms with Gasteiger partial charge < -0.3 is 10.1 Å². The molecule has 4 heteroatoms. The Balaban J connectivity index is 2.07. The van der Waals surface area contributed by atoms with E-state index in [0.717, 1.165) is 11.6 Å². The molecule has 4 nitrogen and oxygen atoms in total. The van der Waals surface area contributed by atoms with Gasteiger partial charge in [0.15, 0.2) is 0 Å². The van der Waals surface area contributed by atoms with Crippen LogP contribution >= 0.6 is 0 Å². The SMILES string of the molecule is O=c1cc(O)nc(-c2cccc(C3CC3)c2)[nH]1. The summed E-state index contributed by atoms with van der Waals surface area (Å²) in [5, 5.41) is 9.31. The molecule has 0 radical (unpaired) electrons. The number of hydrogen-bond acceptors (Lipinski definition) is 3. The molecule has 17 heavy (non-hydrogen) atoms. The first-order valence-electron chi connectivity index (χ1n) is 5.63. The van der Waals surface area contributed by atoms with Crippen LogP contribution in [0.2, 0.25) is 0 Å². The van der Waals surface area contributed by atoms with Gasteiger partial charge in [0.1, 0.15) is 5.82 Å². The van der Waals surface area contributed by atoms with Gasteiger partial charge >= 0.3 is 0 Å². The van der Waals surface area contributed by atoms with E-state index < -0.39 is 0 Å². The van der Waals surface area contributed by atoms with Crippen LogP contribution in [0.5, 0.6) is 5.88 Å². The van der Waals surface area contributed by atoms with Gasteiger partial charge in [-0.3, -0.25) is 4.79 Å². The average Bonchev–Trinajstić information content (AvgIpc) is 3.12. The molecule has 0 amide bonds. The van der Waals surface area contributed by atoms with Gasteiger partial charge in [0.25, 0.3) is 5.56 Å². The number of hydrogen-bond donors (Lipinski definition) is 2. The first kappa shape index (κ1) is 10.1. The van der Waals surface area contributed by atoms with Crippen LogP contribution in [0.1, 0.15) is 24.3 Å².